The van der Waals surface area contributed by atoms with Crippen LogP contribution >= 0.6 is 23.1 Å². The SMILES string of the molecule is CSCCCCNC(=O)c1cc(C)c(C#CCN)s1. The van der Waals surface area contributed by atoms with E-state index in [1.807, 2.05) is 24.8 Å². The summed E-state index contributed by atoms with van der Waals surface area (Å²) in [5.41, 5.74) is 6.39. The number of nitrogens with two attached hydrogens (primary N) is 1. The summed E-state index contributed by atoms with van der Waals surface area (Å²) in [5, 5.41) is 2.94. The Bertz CT molecular complexity index is 472. The Kier molecular flexibility index (Phi) is 7.65. The summed E-state index contributed by atoms with van der Waals surface area (Å²) in [4.78, 5) is 13.6. The molecule has 19 heavy (non-hydrogen) atoms. The predicted octanol–water partition coefficient (Wildman–Crippen LogP) is 2.24. The van der Waals surface area contributed by atoms with Crippen molar-refractivity contribution in [1.82, 2.24) is 5.32 Å². The Morgan fingerprint density at radius 1 is 1.53 bits per heavy atom. The summed E-state index contributed by atoms with van der Waals surface area (Å²) in [5.74, 6) is 6.95. The van der Waals surface area contributed by atoms with E-state index in [0.29, 0.717) is 6.54 Å². The summed E-state index contributed by atoms with van der Waals surface area (Å²) in [6.45, 7) is 3.04. The Balaban J connectivity index is 2.48. The first-order valence-corrected chi connectivity index (χ1v) is 8.46. The molecule has 1 aromatic heterocycles. The van der Waals surface area contributed by atoms with Gasteiger partial charge in [0.2, 0.25) is 0 Å². The first-order chi connectivity index (χ1) is 9.19. The van der Waals surface area contributed by atoms with Gasteiger partial charge in [-0.05, 0) is 43.4 Å². The first-order valence-electron chi connectivity index (χ1n) is 6.25. The molecule has 0 aliphatic carbocycles. The molecule has 0 bridgehead atoms. The van der Waals surface area contributed by atoms with E-state index in [9.17, 15) is 4.79 Å². The van der Waals surface area contributed by atoms with Crippen molar-refractivity contribution in [1.29, 1.82) is 0 Å². The zero-order valence-electron chi connectivity index (χ0n) is 11.4. The number of hydrogen-bond donors (Lipinski definition) is 2. The van der Waals surface area contributed by atoms with Crippen molar-refractivity contribution in [2.45, 2.75) is 19.8 Å². The lowest BCUT2D eigenvalue weighted by Gasteiger charge is -2.02. The molecule has 5 heteroatoms. The van der Waals surface area contributed by atoms with E-state index in [-0.39, 0.29) is 5.91 Å². The highest BCUT2D eigenvalue weighted by Crippen LogP contribution is 2.20. The van der Waals surface area contributed by atoms with Gasteiger partial charge in [-0.25, -0.2) is 0 Å². The zero-order chi connectivity index (χ0) is 14.1. The standard InChI is InChI=1S/C14H20N2OS2/c1-11-10-13(19-12(11)6-5-7-15)14(17)16-8-3-4-9-18-2/h10H,3-4,7-9,15H2,1-2H3,(H,16,17). The van der Waals surface area contributed by atoms with Crippen LogP contribution in [0.25, 0.3) is 0 Å². The zero-order valence-corrected chi connectivity index (χ0v) is 13.0. The topological polar surface area (TPSA) is 55.1 Å². The Hall–Kier alpha value is -0.960. The van der Waals surface area contributed by atoms with Crippen molar-refractivity contribution >= 4 is 29.0 Å². The number of rotatable bonds is 6. The summed E-state index contributed by atoms with van der Waals surface area (Å²) < 4.78 is 0. The highest BCUT2D eigenvalue weighted by molar-refractivity contribution is 7.98. The molecule has 0 aliphatic heterocycles. The van der Waals surface area contributed by atoms with Crippen LogP contribution < -0.4 is 11.1 Å². The van der Waals surface area contributed by atoms with Gasteiger partial charge in [0, 0.05) is 6.54 Å². The molecule has 0 unspecified atom stereocenters. The second-order valence-electron chi connectivity index (χ2n) is 4.08. The number of aryl methyl sites for hydroxylation is 1. The van der Waals surface area contributed by atoms with E-state index in [2.05, 4.69) is 23.4 Å². The molecule has 0 aliphatic rings. The average molecular weight is 296 g/mol. The van der Waals surface area contributed by atoms with Crippen LogP contribution in [-0.4, -0.2) is 31.0 Å². The van der Waals surface area contributed by atoms with Gasteiger partial charge < -0.3 is 11.1 Å². The highest BCUT2D eigenvalue weighted by atomic mass is 32.2. The van der Waals surface area contributed by atoms with Crippen molar-refractivity contribution in [2.24, 2.45) is 5.73 Å². The van der Waals surface area contributed by atoms with Gasteiger partial charge in [0.05, 0.1) is 16.3 Å². The fourth-order valence-corrected chi connectivity index (χ4v) is 2.97. The highest BCUT2D eigenvalue weighted by Gasteiger charge is 2.10. The summed E-state index contributed by atoms with van der Waals surface area (Å²) in [6, 6.07) is 1.89. The summed E-state index contributed by atoms with van der Waals surface area (Å²) >= 11 is 3.26. The number of unbranched alkanes of at least 4 members (excludes halogenated alkanes) is 1. The molecule has 0 saturated carbocycles. The lowest BCUT2D eigenvalue weighted by molar-refractivity contribution is 0.0957. The number of nitrogens with one attached hydrogen (secondary N) is 1. The third kappa shape index (κ3) is 5.68. The molecule has 0 radical (unpaired) electrons. The van der Waals surface area contributed by atoms with Gasteiger partial charge >= 0.3 is 0 Å². The molecule has 0 atom stereocenters. The molecular weight excluding hydrogens is 276 g/mol. The maximum Gasteiger partial charge on any atom is 0.261 e. The van der Waals surface area contributed by atoms with Crippen LogP contribution in [0.5, 0.6) is 0 Å². The van der Waals surface area contributed by atoms with E-state index < -0.39 is 0 Å². The van der Waals surface area contributed by atoms with Crippen molar-refractivity contribution in [2.75, 3.05) is 25.1 Å². The van der Waals surface area contributed by atoms with Crippen molar-refractivity contribution in [3.63, 3.8) is 0 Å². The molecule has 0 aromatic carbocycles. The Morgan fingerprint density at radius 2 is 2.32 bits per heavy atom. The summed E-state index contributed by atoms with van der Waals surface area (Å²) in [7, 11) is 0. The van der Waals surface area contributed by atoms with Crippen molar-refractivity contribution < 1.29 is 4.79 Å². The Labute approximate surface area is 123 Å². The third-order valence-corrected chi connectivity index (χ3v) is 4.35. The summed E-state index contributed by atoms with van der Waals surface area (Å²) in [6.07, 6.45) is 4.26. The number of carbonyl (C=O) groups is 1. The van der Waals surface area contributed by atoms with Crippen LogP contribution in [0, 0.1) is 18.8 Å². The van der Waals surface area contributed by atoms with Gasteiger partial charge in [-0.2, -0.15) is 11.8 Å². The van der Waals surface area contributed by atoms with Gasteiger partial charge in [0.25, 0.3) is 5.91 Å². The average Bonchev–Trinajstić information content (AvgIpc) is 2.77. The molecule has 0 spiro atoms. The molecule has 0 fully saturated rings. The number of amides is 1. The minimum absolute atomic E-state index is 0.00181. The van der Waals surface area contributed by atoms with E-state index in [1.165, 1.54) is 11.3 Å². The van der Waals surface area contributed by atoms with Crippen LogP contribution in [0.2, 0.25) is 0 Å². The van der Waals surface area contributed by atoms with Crippen molar-refractivity contribution in [3.8, 4) is 11.8 Å². The molecule has 3 nitrogen and oxygen atoms in total. The monoisotopic (exact) mass is 296 g/mol. The number of hydrogen-bond acceptors (Lipinski definition) is 4. The minimum atomic E-state index is -0.00181. The number of thioether (sulfide) groups is 1. The maximum absolute atomic E-state index is 11.9. The van der Waals surface area contributed by atoms with Crippen LogP contribution in [0.1, 0.15) is 33.0 Å². The van der Waals surface area contributed by atoms with Crippen molar-refractivity contribution in [3.05, 3.63) is 21.4 Å². The van der Waals surface area contributed by atoms with Gasteiger partial charge in [-0.3, -0.25) is 4.79 Å². The number of carbonyl (C=O) groups excluding carboxylic acids is 1. The lowest BCUT2D eigenvalue weighted by Crippen LogP contribution is -2.23. The van der Waals surface area contributed by atoms with Crippen LogP contribution in [0.15, 0.2) is 6.07 Å². The quantitative estimate of drug-likeness (QED) is 0.625. The molecule has 104 valence electrons. The van der Waals surface area contributed by atoms with Crippen LogP contribution in [0.4, 0.5) is 0 Å². The largest absolute Gasteiger partial charge is 0.351 e. The van der Waals surface area contributed by atoms with E-state index >= 15 is 0 Å². The molecule has 1 rings (SSSR count). The van der Waals surface area contributed by atoms with Crippen LogP contribution in [0.3, 0.4) is 0 Å². The fraction of sp³-hybridized carbons (Fsp3) is 0.500. The van der Waals surface area contributed by atoms with Gasteiger partial charge in [-0.1, -0.05) is 11.8 Å². The molecule has 0 saturated heterocycles. The smallest absolute Gasteiger partial charge is 0.261 e. The van der Waals surface area contributed by atoms with Gasteiger partial charge in [-0.15, -0.1) is 11.3 Å². The van der Waals surface area contributed by atoms with E-state index in [1.54, 1.807) is 0 Å². The second-order valence-corrected chi connectivity index (χ2v) is 6.12. The molecule has 1 heterocycles. The molecule has 1 aromatic rings. The second kappa shape index (κ2) is 9.03. The predicted molar refractivity (Wildman–Crippen MR) is 84.9 cm³/mol. The Morgan fingerprint density at radius 3 is 3.00 bits per heavy atom. The minimum Gasteiger partial charge on any atom is -0.351 e. The maximum atomic E-state index is 11.9. The number of thiophene rings is 1. The lowest BCUT2D eigenvalue weighted by atomic mass is 10.2. The molecule has 3 N–H and O–H groups in total. The third-order valence-electron chi connectivity index (χ3n) is 2.51. The molecule has 1 amide bonds. The van der Waals surface area contributed by atoms with Gasteiger partial charge in [0.15, 0.2) is 0 Å². The van der Waals surface area contributed by atoms with Gasteiger partial charge in [0.1, 0.15) is 0 Å². The van der Waals surface area contributed by atoms with Crippen LogP contribution in [-0.2, 0) is 0 Å². The first kappa shape index (κ1) is 16.1. The van der Waals surface area contributed by atoms with E-state index in [4.69, 9.17) is 5.73 Å². The van der Waals surface area contributed by atoms with E-state index in [0.717, 1.165) is 40.5 Å². The normalized spacial score (nSPS) is 9.84. The molecular formula is C14H20N2OS2. The fourth-order valence-electron chi connectivity index (χ4n) is 1.51.